The van der Waals surface area contributed by atoms with Crippen LogP contribution < -0.4 is 5.32 Å². The topological polar surface area (TPSA) is 12.0 Å². The van der Waals surface area contributed by atoms with Gasteiger partial charge in [-0.15, -0.1) is 0 Å². The Morgan fingerprint density at radius 2 is 2.20 bits per heavy atom. The van der Waals surface area contributed by atoms with Crippen LogP contribution in [-0.4, -0.2) is 13.1 Å². The van der Waals surface area contributed by atoms with Crippen LogP contribution in [0.2, 0.25) is 0 Å². The smallest absolute Gasteiger partial charge is 0.000823 e. The van der Waals surface area contributed by atoms with Crippen LogP contribution >= 0.6 is 0 Å². The van der Waals surface area contributed by atoms with Crippen LogP contribution in [0.25, 0.3) is 0 Å². The first-order valence-corrected chi connectivity index (χ1v) is 6.11. The van der Waals surface area contributed by atoms with Crippen LogP contribution in [0.5, 0.6) is 0 Å². The van der Waals surface area contributed by atoms with Crippen LogP contribution in [0.1, 0.15) is 30.4 Å². The minimum atomic E-state index is 0.975. The number of benzene rings is 1. The van der Waals surface area contributed by atoms with Crippen LogP contribution in [-0.2, 0) is 6.42 Å². The number of nitrogens with one attached hydrogen (secondary N) is 1. The fraction of sp³-hybridized carbons (Fsp3) is 0.571. The van der Waals surface area contributed by atoms with Gasteiger partial charge in [-0.05, 0) is 50.8 Å². The molecule has 1 aromatic carbocycles. The van der Waals surface area contributed by atoms with Crippen LogP contribution in [0.15, 0.2) is 24.3 Å². The van der Waals surface area contributed by atoms with Crippen LogP contribution in [0, 0.1) is 12.8 Å². The highest BCUT2D eigenvalue weighted by atomic mass is 14.9. The number of aryl methyl sites for hydroxylation is 1. The molecule has 0 aromatic heterocycles. The Morgan fingerprint density at radius 1 is 1.33 bits per heavy atom. The average Bonchev–Trinajstić information content (AvgIpc) is 2.15. The Balaban J connectivity index is 1.64. The molecule has 1 N–H and O–H groups in total. The quantitative estimate of drug-likeness (QED) is 0.726. The standard InChI is InChI=1S/C14H21N/c1-12-4-2-5-13(10-12)8-9-15-11-14-6-3-7-14/h2,4-5,10,14-15H,3,6-9,11H2,1H3. The highest BCUT2D eigenvalue weighted by Gasteiger charge is 2.15. The Kier molecular flexibility index (Phi) is 3.79. The van der Waals surface area contributed by atoms with Crippen LogP contribution in [0.4, 0.5) is 0 Å². The summed E-state index contributed by atoms with van der Waals surface area (Å²) in [5.41, 5.74) is 2.82. The molecule has 1 aliphatic carbocycles. The molecule has 0 saturated heterocycles. The van der Waals surface area contributed by atoms with Crippen molar-refractivity contribution in [3.63, 3.8) is 0 Å². The number of rotatable bonds is 5. The van der Waals surface area contributed by atoms with Gasteiger partial charge in [0, 0.05) is 0 Å². The van der Waals surface area contributed by atoms with E-state index >= 15 is 0 Å². The normalized spacial score (nSPS) is 16.3. The number of hydrogen-bond donors (Lipinski definition) is 1. The summed E-state index contributed by atoms with van der Waals surface area (Å²) in [7, 11) is 0. The minimum Gasteiger partial charge on any atom is -0.316 e. The van der Waals surface area contributed by atoms with Gasteiger partial charge in [-0.1, -0.05) is 36.2 Å². The summed E-state index contributed by atoms with van der Waals surface area (Å²) in [6, 6.07) is 8.81. The summed E-state index contributed by atoms with van der Waals surface area (Å²) in [6.07, 6.45) is 5.49. The predicted octanol–water partition coefficient (Wildman–Crippen LogP) is 2.93. The van der Waals surface area contributed by atoms with Crippen molar-refractivity contribution in [2.75, 3.05) is 13.1 Å². The summed E-state index contributed by atoms with van der Waals surface area (Å²) in [5.74, 6) is 0.975. The van der Waals surface area contributed by atoms with E-state index in [9.17, 15) is 0 Å². The Hall–Kier alpha value is -0.820. The second-order valence-corrected chi connectivity index (χ2v) is 4.74. The highest BCUT2D eigenvalue weighted by Crippen LogP contribution is 2.24. The zero-order valence-corrected chi connectivity index (χ0v) is 9.63. The molecule has 0 atom stereocenters. The number of hydrogen-bond acceptors (Lipinski definition) is 1. The van der Waals surface area contributed by atoms with Gasteiger partial charge < -0.3 is 5.32 Å². The molecule has 82 valence electrons. The molecule has 0 unspecified atom stereocenters. The zero-order valence-electron chi connectivity index (χ0n) is 9.63. The van der Waals surface area contributed by atoms with Gasteiger partial charge in [0.05, 0.1) is 0 Å². The zero-order chi connectivity index (χ0) is 10.5. The van der Waals surface area contributed by atoms with E-state index in [1.165, 1.54) is 36.9 Å². The van der Waals surface area contributed by atoms with E-state index in [0.29, 0.717) is 0 Å². The van der Waals surface area contributed by atoms with Gasteiger partial charge in [0.1, 0.15) is 0 Å². The predicted molar refractivity (Wildman–Crippen MR) is 65.1 cm³/mol. The summed E-state index contributed by atoms with van der Waals surface area (Å²) in [5, 5.41) is 3.56. The van der Waals surface area contributed by atoms with Crippen molar-refractivity contribution in [2.45, 2.75) is 32.6 Å². The van der Waals surface area contributed by atoms with Crippen molar-refractivity contribution in [1.82, 2.24) is 5.32 Å². The summed E-state index contributed by atoms with van der Waals surface area (Å²) in [4.78, 5) is 0. The molecule has 0 aliphatic heterocycles. The van der Waals surface area contributed by atoms with Crippen LogP contribution in [0.3, 0.4) is 0 Å². The lowest BCUT2D eigenvalue weighted by molar-refractivity contribution is 0.303. The molecular formula is C14H21N. The third kappa shape index (κ3) is 3.35. The third-order valence-electron chi connectivity index (χ3n) is 3.33. The van der Waals surface area contributed by atoms with E-state index in [0.717, 1.165) is 18.9 Å². The maximum absolute atomic E-state index is 3.56. The van der Waals surface area contributed by atoms with Gasteiger partial charge in [-0.2, -0.15) is 0 Å². The van der Waals surface area contributed by atoms with Crippen molar-refractivity contribution in [1.29, 1.82) is 0 Å². The molecule has 1 nitrogen and oxygen atoms in total. The first-order valence-electron chi connectivity index (χ1n) is 6.11. The van der Waals surface area contributed by atoms with Crippen molar-refractivity contribution in [2.24, 2.45) is 5.92 Å². The second-order valence-electron chi connectivity index (χ2n) is 4.74. The summed E-state index contributed by atoms with van der Waals surface area (Å²) in [6.45, 7) is 4.51. The van der Waals surface area contributed by atoms with E-state index in [-0.39, 0.29) is 0 Å². The molecule has 1 aliphatic rings. The van der Waals surface area contributed by atoms with E-state index in [4.69, 9.17) is 0 Å². The molecule has 0 radical (unpaired) electrons. The summed E-state index contributed by atoms with van der Waals surface area (Å²) < 4.78 is 0. The average molecular weight is 203 g/mol. The van der Waals surface area contributed by atoms with E-state index < -0.39 is 0 Å². The van der Waals surface area contributed by atoms with Gasteiger partial charge in [0.15, 0.2) is 0 Å². The van der Waals surface area contributed by atoms with Crippen molar-refractivity contribution in [3.05, 3.63) is 35.4 Å². The van der Waals surface area contributed by atoms with E-state index in [2.05, 4.69) is 36.5 Å². The molecule has 2 rings (SSSR count). The van der Waals surface area contributed by atoms with Crippen molar-refractivity contribution in [3.8, 4) is 0 Å². The fourth-order valence-electron chi connectivity index (χ4n) is 2.10. The molecule has 0 heterocycles. The maximum Gasteiger partial charge on any atom is -0.000823 e. The first kappa shape index (κ1) is 10.7. The van der Waals surface area contributed by atoms with Crippen molar-refractivity contribution < 1.29 is 0 Å². The Morgan fingerprint density at radius 3 is 2.87 bits per heavy atom. The lowest BCUT2D eigenvalue weighted by Gasteiger charge is -2.25. The molecular weight excluding hydrogens is 182 g/mol. The van der Waals surface area contributed by atoms with Crippen molar-refractivity contribution >= 4 is 0 Å². The SMILES string of the molecule is Cc1cccc(CCNCC2CCC2)c1. The highest BCUT2D eigenvalue weighted by molar-refractivity contribution is 5.22. The first-order chi connectivity index (χ1) is 7.34. The molecule has 1 heteroatoms. The van der Waals surface area contributed by atoms with Gasteiger partial charge >= 0.3 is 0 Å². The molecule has 0 bridgehead atoms. The molecule has 1 saturated carbocycles. The summed E-state index contributed by atoms with van der Waals surface area (Å²) >= 11 is 0. The Labute approximate surface area is 92.9 Å². The van der Waals surface area contributed by atoms with Gasteiger partial charge in [-0.25, -0.2) is 0 Å². The third-order valence-corrected chi connectivity index (χ3v) is 3.33. The largest absolute Gasteiger partial charge is 0.316 e. The second kappa shape index (κ2) is 5.32. The lowest BCUT2D eigenvalue weighted by atomic mass is 9.85. The van der Waals surface area contributed by atoms with E-state index in [1.54, 1.807) is 0 Å². The monoisotopic (exact) mass is 203 g/mol. The molecule has 1 fully saturated rings. The minimum absolute atomic E-state index is 0.975. The molecule has 1 aromatic rings. The maximum atomic E-state index is 3.56. The molecule has 0 spiro atoms. The van der Waals surface area contributed by atoms with Gasteiger partial charge in [-0.3, -0.25) is 0 Å². The molecule has 15 heavy (non-hydrogen) atoms. The van der Waals surface area contributed by atoms with Gasteiger partial charge in [0.25, 0.3) is 0 Å². The Bertz CT molecular complexity index is 302. The van der Waals surface area contributed by atoms with E-state index in [1.807, 2.05) is 0 Å². The molecule has 0 amide bonds. The van der Waals surface area contributed by atoms with Gasteiger partial charge in [0.2, 0.25) is 0 Å². The lowest BCUT2D eigenvalue weighted by Crippen LogP contribution is -2.28. The fourth-order valence-corrected chi connectivity index (χ4v) is 2.10.